The van der Waals surface area contributed by atoms with Gasteiger partial charge in [0.2, 0.25) is 0 Å². The number of aromatic nitrogens is 11. The first-order valence-corrected chi connectivity index (χ1v) is 28.7. The fourth-order valence-corrected chi connectivity index (χ4v) is 14.6. The van der Waals surface area contributed by atoms with E-state index in [1.807, 2.05) is 0 Å². The van der Waals surface area contributed by atoms with Crippen molar-refractivity contribution in [3.8, 4) is 34.2 Å². The number of aromatic amines is 4. The Labute approximate surface area is 478 Å². The number of nitrogens with one attached hydrogen (secondary N) is 4. The summed E-state index contributed by atoms with van der Waals surface area (Å²) in [5.41, 5.74) is 25.9. The van der Waals surface area contributed by atoms with Crippen LogP contribution in [0.5, 0.6) is 0 Å². The molecule has 4 aliphatic rings. The minimum absolute atomic E-state index is 0. The molecule has 400 valence electrons. The molecule has 14 heterocycles. The van der Waals surface area contributed by atoms with Gasteiger partial charge in [-0.25, -0.2) is 34.9 Å². The quantitative estimate of drug-likeness (QED) is 0.110. The average molecular weight is 1080 g/mol. The molecule has 2 aliphatic carbocycles. The first-order chi connectivity index (χ1) is 40.7. The number of H-pyrrole nitrogens is 4. The summed E-state index contributed by atoms with van der Waals surface area (Å²) in [6, 6.07) is 55.8. The molecule has 3 aromatic carbocycles. The maximum Gasteiger partial charge on any atom is 0.0994 e. The van der Waals surface area contributed by atoms with Crippen LogP contribution in [0.2, 0.25) is 0 Å². The number of rotatable bonds is 0. The molecule has 4 N–H and O–H groups in total. The van der Waals surface area contributed by atoms with Crippen molar-refractivity contribution >= 4 is 127 Å². The number of nitrogens with zero attached hydrogens (tertiary/aromatic N) is 8. The van der Waals surface area contributed by atoms with Crippen LogP contribution in [-0.2, 0) is 5.41 Å². The molecule has 0 saturated heterocycles. The molecule has 83 heavy (non-hydrogen) atoms. The van der Waals surface area contributed by atoms with Crippen molar-refractivity contribution in [2.24, 2.45) is 10.9 Å². The van der Waals surface area contributed by atoms with Gasteiger partial charge in [-0.1, -0.05) is 93.6 Å². The number of allylic oxidation sites excluding steroid dienone is 4. The van der Waals surface area contributed by atoms with Crippen LogP contribution in [0.25, 0.3) is 149 Å². The Balaban J connectivity index is 0.00000159. The normalized spacial score (nSPS) is 19.1. The third kappa shape index (κ3) is 6.45. The zero-order valence-electron chi connectivity index (χ0n) is 45.4. The van der Waals surface area contributed by atoms with Gasteiger partial charge in [0.1, 0.15) is 0 Å². The van der Waals surface area contributed by atoms with Crippen molar-refractivity contribution in [3.63, 3.8) is 0 Å². The predicted octanol–water partition coefficient (Wildman–Crippen LogP) is 17.8. The zero-order chi connectivity index (χ0) is 54.6. The standard InChI is InChI=1S/C71H48N12.4H2/c1-34-32-35(2)61-42-13-20-57-49-26-23-46(73-49)53-16-8-36-4-5-37-9-17-54(77-63(37)62(36)76-53)47-24-27-50(74-47)58-21-14-43(70(82-58)69(42)81-57)68(61)83-67-40-30-31-71(3)33-44(40)66-41(60(34)67)12-19-56(80-66)48-25-22-45(72-48)52-15-10-38-6-7-39-11-18-55(51-28-29-59(71)75-51)79-65(39)64(38)78-52;;;;/h4-31,34-35,60,72-75H,32-33H2,1-3H3;4*1H/t34-,35?,60?,71?;;;;/m1..../s1. The Bertz CT molecular complexity index is 5630. The molecule has 12 heteroatoms. The Kier molecular flexibility index (Phi) is 8.80. The number of hydrogen-bond acceptors (Lipinski definition) is 8. The monoisotopic (exact) mass is 1080 g/mol. The summed E-state index contributed by atoms with van der Waals surface area (Å²) in [5.74, 6) is 0.270. The minimum atomic E-state index is -0.414. The van der Waals surface area contributed by atoms with E-state index in [0.29, 0.717) is 6.42 Å². The van der Waals surface area contributed by atoms with Crippen LogP contribution < -0.4 is 0 Å². The zero-order valence-corrected chi connectivity index (χ0v) is 45.4. The summed E-state index contributed by atoms with van der Waals surface area (Å²) in [6.45, 7) is 7.12. The van der Waals surface area contributed by atoms with Gasteiger partial charge in [-0.3, -0.25) is 4.99 Å². The fraction of sp³-hybridized carbons (Fsp3) is 0.127. The molecule has 0 radical (unpaired) electrons. The van der Waals surface area contributed by atoms with E-state index in [2.05, 4.69) is 211 Å². The molecular formula is C71H56N12. The second-order valence-electron chi connectivity index (χ2n) is 23.8. The predicted molar refractivity (Wildman–Crippen MR) is 344 cm³/mol. The van der Waals surface area contributed by atoms with Crippen LogP contribution in [-0.4, -0.2) is 60.5 Å². The molecular weight excluding hydrogens is 1020 g/mol. The number of benzene rings is 3. The molecule has 15 aromatic rings. The van der Waals surface area contributed by atoms with Crippen LogP contribution in [0.1, 0.15) is 73.7 Å². The molecule has 12 nitrogen and oxygen atoms in total. The summed E-state index contributed by atoms with van der Waals surface area (Å²) >= 11 is 0. The summed E-state index contributed by atoms with van der Waals surface area (Å²) in [5, 5.41) is 6.18. The average Bonchev–Trinajstić information content (AvgIpc) is 2.02. The van der Waals surface area contributed by atoms with E-state index >= 15 is 0 Å². The minimum Gasteiger partial charge on any atom is -0.356 e. The van der Waals surface area contributed by atoms with Crippen LogP contribution in [0.3, 0.4) is 0 Å². The number of hydrogen-bond donors (Lipinski definition) is 4. The first kappa shape index (κ1) is 45.3. The Morgan fingerprint density at radius 1 is 0.458 bits per heavy atom. The summed E-state index contributed by atoms with van der Waals surface area (Å²) < 4.78 is 0. The van der Waals surface area contributed by atoms with Gasteiger partial charge in [-0.05, 0) is 138 Å². The van der Waals surface area contributed by atoms with Crippen LogP contribution in [0.4, 0.5) is 5.69 Å². The second kappa shape index (κ2) is 16.1. The third-order valence-corrected chi connectivity index (χ3v) is 18.8. The smallest absolute Gasteiger partial charge is 0.0994 e. The van der Waals surface area contributed by atoms with Gasteiger partial charge in [0.05, 0.1) is 128 Å². The van der Waals surface area contributed by atoms with Crippen molar-refractivity contribution in [3.05, 3.63) is 198 Å². The summed E-state index contributed by atoms with van der Waals surface area (Å²) in [4.78, 5) is 59.2. The molecule has 24 bridgehead atoms. The maximum absolute atomic E-state index is 6.12. The van der Waals surface area contributed by atoms with Gasteiger partial charge in [0, 0.05) is 60.6 Å². The SMILES string of the molecule is CC1C[C@@H](C)C2C(=Nc3c1c1ccc4nc1c1nc(ccc31)c1ccc([nH]1)c1ccc3ccc5ccc(nc5c3n1)c1ccc4[nH]1)C1=C3CC(C)(C=C1)c1ccc([nH]1)-c1ccc4ccc5ccc(nc5c4n1)-c1ccc([nH]1)-c1ccc2c3n1.[HH].[HH].[HH].[HH]. The molecule has 0 fully saturated rings. The van der Waals surface area contributed by atoms with Gasteiger partial charge in [0.25, 0.3) is 0 Å². The van der Waals surface area contributed by atoms with Crippen molar-refractivity contribution in [2.45, 2.75) is 50.9 Å². The van der Waals surface area contributed by atoms with Crippen molar-refractivity contribution in [1.82, 2.24) is 54.8 Å². The Hall–Kier alpha value is -10.5. The highest BCUT2D eigenvalue weighted by molar-refractivity contribution is 6.20. The lowest BCUT2D eigenvalue weighted by atomic mass is 9.65. The molecule has 0 amide bonds. The van der Waals surface area contributed by atoms with Gasteiger partial charge in [0.15, 0.2) is 0 Å². The number of fused-ring (bicyclic) bond motifs is 30. The summed E-state index contributed by atoms with van der Waals surface area (Å²) in [7, 11) is 0. The van der Waals surface area contributed by atoms with E-state index in [-0.39, 0.29) is 23.5 Å². The number of pyridine rings is 7. The van der Waals surface area contributed by atoms with Crippen LogP contribution >= 0.6 is 0 Å². The van der Waals surface area contributed by atoms with Gasteiger partial charge in [-0.15, -0.1) is 0 Å². The van der Waals surface area contributed by atoms with E-state index < -0.39 is 5.41 Å². The van der Waals surface area contributed by atoms with E-state index in [1.165, 1.54) is 16.7 Å². The largest absolute Gasteiger partial charge is 0.356 e. The molecule has 0 spiro atoms. The third-order valence-electron chi connectivity index (χ3n) is 18.8. The highest BCUT2D eigenvalue weighted by atomic mass is 14.9. The molecule has 12 aromatic heterocycles. The molecule has 4 atom stereocenters. The maximum atomic E-state index is 6.12. The van der Waals surface area contributed by atoms with Gasteiger partial charge < -0.3 is 19.9 Å². The second-order valence-corrected chi connectivity index (χ2v) is 23.8. The van der Waals surface area contributed by atoms with Crippen LogP contribution in [0, 0.1) is 5.92 Å². The van der Waals surface area contributed by atoms with Crippen molar-refractivity contribution in [1.29, 1.82) is 0 Å². The molecule has 19 rings (SSSR count). The Morgan fingerprint density at radius 3 is 1.55 bits per heavy atom. The molecule has 2 aliphatic heterocycles. The van der Waals surface area contributed by atoms with Crippen molar-refractivity contribution in [2.75, 3.05) is 0 Å². The fourth-order valence-electron chi connectivity index (χ4n) is 14.6. The lowest BCUT2D eigenvalue weighted by molar-refractivity contribution is 0.455. The van der Waals surface area contributed by atoms with Gasteiger partial charge >= 0.3 is 0 Å². The van der Waals surface area contributed by atoms with Gasteiger partial charge in [-0.2, -0.15) is 0 Å². The lowest BCUT2D eigenvalue weighted by Crippen LogP contribution is -2.33. The first-order valence-electron chi connectivity index (χ1n) is 28.7. The summed E-state index contributed by atoms with van der Waals surface area (Å²) in [6.07, 6.45) is 6.36. The van der Waals surface area contributed by atoms with Crippen molar-refractivity contribution < 1.29 is 5.71 Å². The lowest BCUT2D eigenvalue weighted by Gasteiger charge is -2.40. The van der Waals surface area contributed by atoms with E-state index in [9.17, 15) is 0 Å². The Morgan fingerprint density at radius 2 is 0.940 bits per heavy atom. The van der Waals surface area contributed by atoms with E-state index in [0.717, 1.165) is 178 Å². The molecule has 3 unspecified atom stereocenters. The molecule has 0 saturated carbocycles. The topological polar surface area (TPSA) is 166 Å². The van der Waals surface area contributed by atoms with Crippen LogP contribution in [0.15, 0.2) is 180 Å². The highest BCUT2D eigenvalue weighted by Crippen LogP contribution is 2.54. The van der Waals surface area contributed by atoms with E-state index in [4.69, 9.17) is 39.9 Å². The number of aliphatic imine (C=N–C) groups is 1. The highest BCUT2D eigenvalue weighted by Gasteiger charge is 2.43. The van der Waals surface area contributed by atoms with E-state index in [1.54, 1.807) is 0 Å².